The first-order chi connectivity index (χ1) is 5.24. The van der Waals surface area contributed by atoms with Crippen molar-refractivity contribution >= 4 is 12.7 Å². The molecule has 54 valence electrons. The predicted octanol–water partition coefficient (Wildman–Crippen LogP) is 1.30. The molecule has 0 spiro atoms. The molecule has 0 fully saturated rings. The lowest BCUT2D eigenvalue weighted by Gasteiger charge is -1.94. The van der Waals surface area contributed by atoms with E-state index in [1.54, 1.807) is 6.07 Å². The van der Waals surface area contributed by atoms with Crippen molar-refractivity contribution < 1.29 is 8.63 Å². The summed E-state index contributed by atoms with van der Waals surface area (Å²) in [6.45, 7) is 0. The molecular weight excluding hydrogens is 145 g/mol. The Hall–Kier alpha value is -1.30. The zero-order valence-corrected chi connectivity index (χ0v) is 5.72. The van der Waals surface area contributed by atoms with Crippen LogP contribution in [-0.2, 0) is 0 Å². The Bertz CT molecular complexity index is 288. The van der Waals surface area contributed by atoms with Gasteiger partial charge in [-0.3, -0.25) is 8.63 Å². The van der Waals surface area contributed by atoms with Crippen LogP contribution >= 0.6 is 0 Å². The zero-order valence-electron chi connectivity index (χ0n) is 5.72. The molecule has 0 amide bonds. The summed E-state index contributed by atoms with van der Waals surface area (Å²) in [7, 11) is -2.44. The first kappa shape index (κ1) is 7.81. The first-order valence-corrected chi connectivity index (χ1v) is 3.09. The molecule has 0 radical (unpaired) electrons. The monoisotopic (exact) mass is 150 g/mol. The van der Waals surface area contributed by atoms with Gasteiger partial charge in [-0.05, 0) is 17.6 Å². The van der Waals surface area contributed by atoms with Crippen LogP contribution < -0.4 is 5.46 Å². The Kier molecular flexibility index (Phi) is 2.27. The van der Waals surface area contributed by atoms with Gasteiger partial charge >= 0.3 is 7.27 Å². The summed E-state index contributed by atoms with van der Waals surface area (Å²) in [5, 5.41) is 0. The van der Waals surface area contributed by atoms with Crippen molar-refractivity contribution in [3.05, 3.63) is 29.8 Å². The molecule has 0 aliphatic rings. The van der Waals surface area contributed by atoms with Crippen LogP contribution in [0.3, 0.4) is 0 Å². The van der Waals surface area contributed by atoms with E-state index in [0.717, 1.165) is 0 Å². The topological polar surface area (TPSA) is 0 Å². The molecule has 0 heterocycles. The standard InChI is InChI=1S/C8H5BF2/c1-2-7-4-3-5-8(6-7)9(10)11/h1,3-6H. The highest BCUT2D eigenvalue weighted by molar-refractivity contribution is 6.59. The molecule has 0 nitrogen and oxygen atoms in total. The van der Waals surface area contributed by atoms with Crippen LogP contribution in [0.15, 0.2) is 24.3 Å². The molecule has 0 aliphatic heterocycles. The van der Waals surface area contributed by atoms with E-state index in [9.17, 15) is 8.63 Å². The Morgan fingerprint density at radius 3 is 2.64 bits per heavy atom. The molecule has 11 heavy (non-hydrogen) atoms. The summed E-state index contributed by atoms with van der Waals surface area (Å²) < 4.78 is 24.0. The van der Waals surface area contributed by atoms with Crippen molar-refractivity contribution in [2.24, 2.45) is 0 Å². The normalized spacial score (nSPS) is 8.82. The maximum atomic E-state index is 12.0. The zero-order chi connectivity index (χ0) is 8.27. The van der Waals surface area contributed by atoms with Gasteiger partial charge in [-0.25, -0.2) is 0 Å². The van der Waals surface area contributed by atoms with Crippen LogP contribution in [0.2, 0.25) is 0 Å². The van der Waals surface area contributed by atoms with Crippen molar-refractivity contribution in [1.82, 2.24) is 0 Å². The molecule has 1 aromatic rings. The molecule has 0 aliphatic carbocycles. The smallest absolute Gasteiger partial charge is 0.281 e. The average molecular weight is 150 g/mol. The van der Waals surface area contributed by atoms with Crippen molar-refractivity contribution in [1.29, 1.82) is 0 Å². The van der Waals surface area contributed by atoms with E-state index in [4.69, 9.17) is 6.42 Å². The summed E-state index contributed by atoms with van der Waals surface area (Å²) >= 11 is 0. The van der Waals surface area contributed by atoms with Crippen molar-refractivity contribution in [2.75, 3.05) is 0 Å². The summed E-state index contributed by atoms with van der Waals surface area (Å²) in [4.78, 5) is 0. The summed E-state index contributed by atoms with van der Waals surface area (Å²) in [5.41, 5.74) is 0.461. The fraction of sp³-hybridized carbons (Fsp3) is 0. The molecule has 0 N–H and O–H groups in total. The van der Waals surface area contributed by atoms with Crippen LogP contribution in [0.5, 0.6) is 0 Å². The van der Waals surface area contributed by atoms with Gasteiger partial charge in [-0.2, -0.15) is 0 Å². The fourth-order valence-corrected chi connectivity index (χ4v) is 0.764. The van der Waals surface area contributed by atoms with Crippen LogP contribution in [0, 0.1) is 12.3 Å². The van der Waals surface area contributed by atoms with Gasteiger partial charge in [0.2, 0.25) is 0 Å². The Morgan fingerprint density at radius 2 is 2.09 bits per heavy atom. The van der Waals surface area contributed by atoms with E-state index in [2.05, 4.69) is 5.92 Å². The molecule has 3 heteroatoms. The molecule has 1 aromatic carbocycles. The first-order valence-electron chi connectivity index (χ1n) is 3.09. The van der Waals surface area contributed by atoms with Crippen molar-refractivity contribution in [3.8, 4) is 12.3 Å². The summed E-state index contributed by atoms with van der Waals surface area (Å²) in [5.74, 6) is 2.29. The maximum Gasteiger partial charge on any atom is 0.572 e. The number of hydrogen-bond acceptors (Lipinski definition) is 0. The maximum absolute atomic E-state index is 12.0. The minimum Gasteiger partial charge on any atom is -0.281 e. The second-order valence-electron chi connectivity index (χ2n) is 2.07. The minimum atomic E-state index is -2.44. The summed E-state index contributed by atoms with van der Waals surface area (Å²) in [6, 6.07) is 5.80. The van der Waals surface area contributed by atoms with Gasteiger partial charge in [-0.1, -0.05) is 18.1 Å². The molecule has 0 aromatic heterocycles. The lowest BCUT2D eigenvalue weighted by molar-refractivity contribution is 0.685. The van der Waals surface area contributed by atoms with Crippen molar-refractivity contribution in [2.45, 2.75) is 0 Å². The van der Waals surface area contributed by atoms with Crippen LogP contribution in [0.4, 0.5) is 8.63 Å². The predicted molar refractivity (Wildman–Crippen MR) is 42.0 cm³/mol. The van der Waals surface area contributed by atoms with E-state index in [1.165, 1.54) is 18.2 Å². The second-order valence-corrected chi connectivity index (χ2v) is 2.07. The summed E-state index contributed by atoms with van der Waals surface area (Å²) in [6.07, 6.45) is 5.02. The third-order valence-corrected chi connectivity index (χ3v) is 1.31. The van der Waals surface area contributed by atoms with Gasteiger partial charge in [0.25, 0.3) is 0 Å². The fourth-order valence-electron chi connectivity index (χ4n) is 0.764. The average Bonchev–Trinajstić information content (AvgIpc) is 2.05. The van der Waals surface area contributed by atoms with E-state index in [-0.39, 0.29) is 5.46 Å². The van der Waals surface area contributed by atoms with Gasteiger partial charge in [0.15, 0.2) is 0 Å². The SMILES string of the molecule is C#Cc1cccc(B(F)F)c1. The molecule has 0 bridgehead atoms. The van der Waals surface area contributed by atoms with Gasteiger partial charge < -0.3 is 0 Å². The Balaban J connectivity index is 3.03. The van der Waals surface area contributed by atoms with Crippen LogP contribution in [-0.4, -0.2) is 7.27 Å². The van der Waals surface area contributed by atoms with E-state index >= 15 is 0 Å². The van der Waals surface area contributed by atoms with Crippen LogP contribution in [0.1, 0.15) is 5.56 Å². The molecule has 0 saturated carbocycles. The number of hydrogen-bond donors (Lipinski definition) is 0. The molecule has 0 atom stereocenters. The van der Waals surface area contributed by atoms with Gasteiger partial charge in [0.1, 0.15) is 0 Å². The van der Waals surface area contributed by atoms with E-state index in [0.29, 0.717) is 5.56 Å². The van der Waals surface area contributed by atoms with Gasteiger partial charge in [-0.15, -0.1) is 6.42 Å². The van der Waals surface area contributed by atoms with Gasteiger partial charge in [0, 0.05) is 5.56 Å². The molecular formula is C8H5BF2. The second kappa shape index (κ2) is 3.20. The highest BCUT2D eigenvalue weighted by atomic mass is 19.2. The Labute approximate surface area is 64.4 Å². The lowest BCUT2D eigenvalue weighted by atomic mass is 9.85. The largest absolute Gasteiger partial charge is 0.572 e. The minimum absolute atomic E-state index is 0.0274. The number of benzene rings is 1. The number of rotatable bonds is 1. The third-order valence-electron chi connectivity index (χ3n) is 1.31. The van der Waals surface area contributed by atoms with Gasteiger partial charge in [0.05, 0.1) is 0 Å². The van der Waals surface area contributed by atoms with E-state index < -0.39 is 7.27 Å². The highest BCUT2D eigenvalue weighted by Crippen LogP contribution is 1.96. The quantitative estimate of drug-likeness (QED) is 0.418. The number of terminal acetylenes is 1. The molecule has 1 rings (SSSR count). The highest BCUT2D eigenvalue weighted by Gasteiger charge is 2.14. The van der Waals surface area contributed by atoms with Crippen LogP contribution in [0.25, 0.3) is 0 Å². The van der Waals surface area contributed by atoms with Crippen molar-refractivity contribution in [3.63, 3.8) is 0 Å². The lowest BCUT2D eigenvalue weighted by Crippen LogP contribution is -2.19. The number of halogens is 2. The Morgan fingerprint density at radius 1 is 1.36 bits per heavy atom. The molecule has 0 saturated heterocycles. The molecule has 0 unspecified atom stereocenters. The third kappa shape index (κ3) is 1.81. The van der Waals surface area contributed by atoms with E-state index in [1.807, 2.05) is 0 Å².